The van der Waals surface area contributed by atoms with Crippen LogP contribution in [0.2, 0.25) is 0 Å². The Bertz CT molecular complexity index is 974. The van der Waals surface area contributed by atoms with E-state index >= 15 is 0 Å². The molecular formula is C19H15N3O2S2. The highest BCUT2D eigenvalue weighted by Crippen LogP contribution is 2.33. The second kappa shape index (κ2) is 7.01. The predicted octanol–water partition coefficient (Wildman–Crippen LogP) is 4.74. The molecule has 1 aromatic carbocycles. The van der Waals surface area contributed by atoms with E-state index in [0.717, 1.165) is 15.8 Å². The van der Waals surface area contributed by atoms with E-state index in [1.807, 2.05) is 37.4 Å². The smallest absolute Gasteiger partial charge is 0.283 e. The van der Waals surface area contributed by atoms with E-state index < -0.39 is 5.91 Å². The summed E-state index contributed by atoms with van der Waals surface area (Å²) in [6, 6.07) is 13.8. The Morgan fingerprint density at radius 3 is 2.88 bits per heavy atom. The van der Waals surface area contributed by atoms with Crippen molar-refractivity contribution in [3.05, 3.63) is 70.5 Å². The van der Waals surface area contributed by atoms with Crippen LogP contribution in [-0.2, 0) is 10.5 Å². The second-order valence-corrected chi connectivity index (χ2v) is 7.94. The molecule has 2 aliphatic rings. The largest absolute Gasteiger partial charge is 0.450 e. The van der Waals surface area contributed by atoms with Crippen LogP contribution < -0.4 is 0 Å². The summed E-state index contributed by atoms with van der Waals surface area (Å²) >= 11 is 2.98. The van der Waals surface area contributed by atoms with Crippen LogP contribution in [0.1, 0.15) is 18.2 Å². The van der Waals surface area contributed by atoms with Crippen molar-refractivity contribution in [2.45, 2.75) is 17.8 Å². The Morgan fingerprint density at radius 1 is 1.27 bits per heavy atom. The van der Waals surface area contributed by atoms with Crippen molar-refractivity contribution in [1.82, 2.24) is 4.90 Å². The van der Waals surface area contributed by atoms with E-state index in [-0.39, 0.29) is 11.4 Å². The molecule has 0 saturated heterocycles. The molecule has 3 heterocycles. The molecule has 26 heavy (non-hydrogen) atoms. The topological polar surface area (TPSA) is 69.7 Å². The van der Waals surface area contributed by atoms with Crippen molar-refractivity contribution >= 4 is 46.5 Å². The zero-order valence-corrected chi connectivity index (χ0v) is 15.6. The molecule has 1 amide bonds. The fraction of sp³-hybridized carbons (Fsp3) is 0.105. The average Bonchev–Trinajstić information content (AvgIpc) is 3.24. The Hall–Kier alpha value is -2.51. The van der Waals surface area contributed by atoms with Gasteiger partial charge < -0.3 is 4.42 Å². The minimum atomic E-state index is -0.410. The number of carbonyl (C=O) groups is 1. The number of amides is 1. The third-order valence-electron chi connectivity index (χ3n) is 3.81. The Labute approximate surface area is 159 Å². The number of amidine groups is 2. The lowest BCUT2D eigenvalue weighted by molar-refractivity contribution is -0.114. The zero-order valence-electron chi connectivity index (χ0n) is 13.9. The van der Waals surface area contributed by atoms with Gasteiger partial charge >= 0.3 is 0 Å². The van der Waals surface area contributed by atoms with Crippen LogP contribution in [0, 0.1) is 5.41 Å². The summed E-state index contributed by atoms with van der Waals surface area (Å²) in [5.41, 5.74) is 1.45. The highest BCUT2D eigenvalue weighted by molar-refractivity contribution is 8.17. The van der Waals surface area contributed by atoms with Crippen molar-refractivity contribution in [3.63, 3.8) is 0 Å². The first kappa shape index (κ1) is 16.9. The molecule has 2 aliphatic heterocycles. The van der Waals surface area contributed by atoms with Crippen molar-refractivity contribution < 1.29 is 9.21 Å². The third kappa shape index (κ3) is 3.40. The zero-order chi connectivity index (χ0) is 18.1. The van der Waals surface area contributed by atoms with Crippen LogP contribution in [0.25, 0.3) is 6.08 Å². The molecule has 0 spiro atoms. The molecule has 0 radical (unpaired) electrons. The lowest BCUT2D eigenvalue weighted by Gasteiger charge is -2.21. The summed E-state index contributed by atoms with van der Waals surface area (Å²) in [6.45, 7) is 1.93. The van der Waals surface area contributed by atoms with Gasteiger partial charge in [-0.1, -0.05) is 53.9 Å². The first-order chi connectivity index (χ1) is 12.6. The first-order valence-electron chi connectivity index (χ1n) is 7.96. The summed E-state index contributed by atoms with van der Waals surface area (Å²) in [4.78, 5) is 19.0. The maximum atomic E-state index is 12.3. The van der Waals surface area contributed by atoms with Gasteiger partial charge in [0.25, 0.3) is 5.91 Å². The number of rotatable bonds is 4. The van der Waals surface area contributed by atoms with Crippen LogP contribution in [0.4, 0.5) is 0 Å². The Balaban J connectivity index is 1.51. The second-order valence-electron chi connectivity index (χ2n) is 5.75. The van der Waals surface area contributed by atoms with Crippen LogP contribution in [0.3, 0.4) is 0 Å². The van der Waals surface area contributed by atoms with Crippen molar-refractivity contribution in [2.75, 3.05) is 0 Å². The molecule has 0 bridgehead atoms. The third-order valence-corrected chi connectivity index (χ3v) is 5.69. The molecular weight excluding hydrogens is 366 g/mol. The molecule has 5 nitrogen and oxygen atoms in total. The fourth-order valence-corrected chi connectivity index (χ4v) is 4.20. The number of fused-ring (bicyclic) bond motifs is 1. The van der Waals surface area contributed by atoms with Gasteiger partial charge in [0.15, 0.2) is 10.3 Å². The summed E-state index contributed by atoms with van der Waals surface area (Å²) in [5, 5.41) is 9.60. The number of hydrogen-bond acceptors (Lipinski definition) is 5. The van der Waals surface area contributed by atoms with Crippen LogP contribution >= 0.6 is 23.5 Å². The van der Waals surface area contributed by atoms with Crippen molar-refractivity contribution in [1.29, 1.82) is 5.41 Å². The van der Waals surface area contributed by atoms with E-state index in [1.54, 1.807) is 28.8 Å². The average molecular weight is 381 g/mol. The predicted molar refractivity (Wildman–Crippen MR) is 106 cm³/mol. The number of thioether (sulfide) groups is 2. The van der Waals surface area contributed by atoms with Crippen LogP contribution in [0.15, 0.2) is 73.6 Å². The molecule has 1 aromatic heterocycles. The number of hydrogen-bond donors (Lipinski definition) is 1. The van der Waals surface area contributed by atoms with Gasteiger partial charge in [0.05, 0.1) is 5.57 Å². The molecule has 4 rings (SSSR count). The molecule has 0 fully saturated rings. The minimum Gasteiger partial charge on any atom is -0.450 e. The number of nitrogens with zero attached hydrogens (tertiary/aromatic N) is 2. The number of furan rings is 1. The van der Waals surface area contributed by atoms with Gasteiger partial charge in [0, 0.05) is 16.9 Å². The fourth-order valence-electron chi connectivity index (χ4n) is 2.56. The molecule has 130 valence electrons. The van der Waals surface area contributed by atoms with Gasteiger partial charge in [-0.05, 0) is 30.7 Å². The number of nitrogens with one attached hydrogen (secondary N) is 1. The van der Waals surface area contributed by atoms with E-state index in [0.29, 0.717) is 10.9 Å². The Kier molecular flexibility index (Phi) is 4.57. The van der Waals surface area contributed by atoms with E-state index in [1.165, 1.54) is 17.3 Å². The molecule has 1 N–H and O–H groups in total. The van der Waals surface area contributed by atoms with Crippen LogP contribution in [0.5, 0.6) is 0 Å². The number of aliphatic imine (C=N–C) groups is 1. The number of benzene rings is 1. The maximum Gasteiger partial charge on any atom is 0.283 e. The minimum absolute atomic E-state index is 0.124. The van der Waals surface area contributed by atoms with Gasteiger partial charge in [0.2, 0.25) is 0 Å². The molecule has 2 aromatic rings. The van der Waals surface area contributed by atoms with Gasteiger partial charge in [-0.25, -0.2) is 0 Å². The Morgan fingerprint density at radius 2 is 2.08 bits per heavy atom. The van der Waals surface area contributed by atoms with E-state index in [4.69, 9.17) is 9.83 Å². The summed E-state index contributed by atoms with van der Waals surface area (Å²) < 4.78 is 5.79. The van der Waals surface area contributed by atoms with Gasteiger partial charge in [0.1, 0.15) is 11.6 Å². The van der Waals surface area contributed by atoms with Gasteiger partial charge in [-0.3, -0.25) is 15.1 Å². The molecule has 0 unspecified atom stereocenters. The van der Waals surface area contributed by atoms with Crippen LogP contribution in [-0.4, -0.2) is 21.8 Å². The van der Waals surface area contributed by atoms with E-state index in [2.05, 4.69) is 17.1 Å². The molecule has 0 aliphatic carbocycles. The molecule has 0 saturated carbocycles. The SMILES string of the molecule is CC1=CN2C(=N)/C(=C/c3ccc(SCc4ccccc4)o3)C(=O)N=C2S1. The van der Waals surface area contributed by atoms with Gasteiger partial charge in [-0.2, -0.15) is 4.99 Å². The molecule has 0 atom stereocenters. The van der Waals surface area contributed by atoms with Gasteiger partial charge in [-0.15, -0.1) is 0 Å². The molecule has 7 heteroatoms. The van der Waals surface area contributed by atoms with Crippen molar-refractivity contribution in [3.8, 4) is 0 Å². The first-order valence-corrected chi connectivity index (χ1v) is 9.76. The summed E-state index contributed by atoms with van der Waals surface area (Å²) in [7, 11) is 0. The lowest BCUT2D eigenvalue weighted by Crippen LogP contribution is -2.35. The number of carbonyl (C=O) groups excluding carboxylic acids is 1. The monoisotopic (exact) mass is 381 g/mol. The highest BCUT2D eigenvalue weighted by Gasteiger charge is 2.33. The summed E-state index contributed by atoms with van der Waals surface area (Å²) in [6.07, 6.45) is 3.40. The standard InChI is InChI=1S/C19H15N3O2S2/c1-12-10-22-17(20)15(18(23)21-19(22)26-12)9-14-7-8-16(24-14)25-11-13-5-3-2-4-6-13/h2-10,20H,11H2,1H3/b15-9-,20-17?. The number of allylic oxidation sites excluding steroid dienone is 1. The maximum absolute atomic E-state index is 12.3. The highest BCUT2D eigenvalue weighted by atomic mass is 32.2. The summed E-state index contributed by atoms with van der Waals surface area (Å²) in [5.74, 6) is 1.06. The normalized spacial score (nSPS) is 18.2. The van der Waals surface area contributed by atoms with E-state index in [9.17, 15) is 4.79 Å². The quantitative estimate of drug-likeness (QED) is 0.612. The van der Waals surface area contributed by atoms with Crippen molar-refractivity contribution in [2.24, 2.45) is 4.99 Å². The lowest BCUT2D eigenvalue weighted by atomic mass is 10.1.